The average Bonchev–Trinajstić information content (AvgIpc) is 2.77. The van der Waals surface area contributed by atoms with E-state index in [0.717, 1.165) is 25.0 Å². The van der Waals surface area contributed by atoms with E-state index in [2.05, 4.69) is 5.32 Å². The molecule has 2 bridgehead atoms. The van der Waals surface area contributed by atoms with Crippen molar-refractivity contribution >= 4 is 5.91 Å². The maximum atomic E-state index is 13.4. The number of carbonyl (C=O) groups excluding carboxylic acids is 1. The van der Waals surface area contributed by atoms with Crippen LogP contribution in [0.1, 0.15) is 19.3 Å². The number of hydrogen-bond acceptors (Lipinski definition) is 3. The van der Waals surface area contributed by atoms with E-state index < -0.39 is 11.6 Å². The summed E-state index contributed by atoms with van der Waals surface area (Å²) in [7, 11) is 0. The van der Waals surface area contributed by atoms with Gasteiger partial charge in [0.05, 0.1) is 0 Å². The van der Waals surface area contributed by atoms with Gasteiger partial charge in [0.1, 0.15) is 5.82 Å². The van der Waals surface area contributed by atoms with Gasteiger partial charge >= 0.3 is 0 Å². The van der Waals surface area contributed by atoms with Gasteiger partial charge in [-0.25, -0.2) is 8.78 Å². The Morgan fingerprint density at radius 1 is 1.29 bits per heavy atom. The number of nitrogens with one attached hydrogen (secondary N) is 1. The molecule has 6 heteroatoms. The zero-order chi connectivity index (χ0) is 14.8. The number of hydrogen-bond donors (Lipinski definition) is 1. The first-order valence-electron chi connectivity index (χ1n) is 7.23. The summed E-state index contributed by atoms with van der Waals surface area (Å²) in [4.78, 5) is 13.9. The third kappa shape index (κ3) is 3.32. The molecule has 21 heavy (non-hydrogen) atoms. The molecule has 2 saturated heterocycles. The molecule has 2 aliphatic rings. The van der Waals surface area contributed by atoms with Gasteiger partial charge in [-0.05, 0) is 31.4 Å². The summed E-state index contributed by atoms with van der Waals surface area (Å²) in [6, 6.07) is 3.91. The summed E-state index contributed by atoms with van der Waals surface area (Å²) in [6.07, 6.45) is 3.19. The molecule has 2 heterocycles. The van der Waals surface area contributed by atoms with E-state index in [1.807, 2.05) is 0 Å². The predicted octanol–water partition coefficient (Wildman–Crippen LogP) is 1.70. The van der Waals surface area contributed by atoms with Crippen LogP contribution >= 0.6 is 0 Å². The highest BCUT2D eigenvalue weighted by atomic mass is 19.1. The lowest BCUT2D eigenvalue weighted by molar-refractivity contribution is -0.133. The number of benzene rings is 1. The first-order chi connectivity index (χ1) is 10.1. The predicted molar refractivity (Wildman–Crippen MR) is 73.0 cm³/mol. The maximum Gasteiger partial charge on any atom is 0.260 e. The molecule has 3 rings (SSSR count). The Kier molecular flexibility index (Phi) is 4.05. The molecule has 114 valence electrons. The van der Waals surface area contributed by atoms with Crippen LogP contribution < -0.4 is 10.1 Å². The fourth-order valence-electron chi connectivity index (χ4n) is 2.99. The third-order valence-electron chi connectivity index (χ3n) is 4.12. The Morgan fingerprint density at radius 3 is 2.90 bits per heavy atom. The van der Waals surface area contributed by atoms with Crippen molar-refractivity contribution in [1.82, 2.24) is 10.2 Å². The van der Waals surface area contributed by atoms with Crippen LogP contribution in [-0.4, -0.2) is 42.6 Å². The van der Waals surface area contributed by atoms with Crippen LogP contribution in [-0.2, 0) is 4.79 Å². The second-order valence-electron chi connectivity index (χ2n) is 5.63. The molecule has 0 aromatic heterocycles. The molecule has 0 spiro atoms. The van der Waals surface area contributed by atoms with Crippen LogP contribution in [0.15, 0.2) is 18.2 Å². The smallest absolute Gasteiger partial charge is 0.260 e. The van der Waals surface area contributed by atoms with Crippen molar-refractivity contribution < 1.29 is 18.3 Å². The van der Waals surface area contributed by atoms with Crippen molar-refractivity contribution in [3.05, 3.63) is 29.8 Å². The first kappa shape index (κ1) is 14.3. The van der Waals surface area contributed by atoms with E-state index in [4.69, 9.17) is 4.74 Å². The quantitative estimate of drug-likeness (QED) is 0.923. The second-order valence-corrected chi connectivity index (χ2v) is 5.63. The van der Waals surface area contributed by atoms with Crippen molar-refractivity contribution in [3.8, 4) is 5.75 Å². The molecule has 2 aliphatic heterocycles. The normalized spacial score (nSPS) is 24.8. The molecule has 0 saturated carbocycles. The van der Waals surface area contributed by atoms with E-state index in [1.165, 1.54) is 12.5 Å². The summed E-state index contributed by atoms with van der Waals surface area (Å²) >= 11 is 0. The number of nitrogens with zero attached hydrogens (tertiary/aromatic N) is 1. The minimum absolute atomic E-state index is 0.0979. The van der Waals surface area contributed by atoms with Crippen LogP contribution in [0, 0.1) is 11.6 Å². The molecule has 2 unspecified atom stereocenters. The van der Waals surface area contributed by atoms with Crippen molar-refractivity contribution in [3.63, 3.8) is 0 Å². The molecule has 0 aliphatic carbocycles. The summed E-state index contributed by atoms with van der Waals surface area (Å²) in [5.41, 5.74) is 0. The minimum Gasteiger partial charge on any atom is -0.481 e. The van der Waals surface area contributed by atoms with Gasteiger partial charge in [-0.2, -0.15) is 0 Å². The van der Waals surface area contributed by atoms with Gasteiger partial charge in [0, 0.05) is 31.2 Å². The monoisotopic (exact) mass is 296 g/mol. The van der Waals surface area contributed by atoms with Gasteiger partial charge in [0.25, 0.3) is 5.91 Å². The van der Waals surface area contributed by atoms with Crippen molar-refractivity contribution in [2.75, 3.05) is 19.7 Å². The molecule has 1 amide bonds. The first-order valence-corrected chi connectivity index (χ1v) is 7.23. The highest BCUT2D eigenvalue weighted by Gasteiger charge is 2.31. The van der Waals surface area contributed by atoms with Gasteiger partial charge in [0.15, 0.2) is 18.2 Å². The highest BCUT2D eigenvalue weighted by Crippen LogP contribution is 2.21. The standard InChI is InChI=1S/C15H18F2N2O2/c16-10-1-4-14(13(17)7-10)21-9-15(20)19-6-5-11-2-3-12(8-19)18-11/h1,4,7,11-12,18H,2-3,5-6,8-9H2. The number of amides is 1. The summed E-state index contributed by atoms with van der Waals surface area (Å²) in [6.45, 7) is 1.15. The van der Waals surface area contributed by atoms with Gasteiger partial charge in [0.2, 0.25) is 0 Å². The summed E-state index contributed by atoms with van der Waals surface area (Å²) < 4.78 is 31.4. The van der Waals surface area contributed by atoms with Crippen LogP contribution in [0.2, 0.25) is 0 Å². The highest BCUT2D eigenvalue weighted by molar-refractivity contribution is 5.77. The molecular formula is C15H18F2N2O2. The molecule has 2 atom stereocenters. The number of rotatable bonds is 3. The Bertz CT molecular complexity index is 538. The summed E-state index contributed by atoms with van der Waals surface area (Å²) in [5.74, 6) is -1.72. The van der Waals surface area contributed by atoms with Crippen LogP contribution in [0.4, 0.5) is 8.78 Å². The lowest BCUT2D eigenvalue weighted by Gasteiger charge is -2.24. The number of carbonyl (C=O) groups is 1. The second kappa shape index (κ2) is 5.97. The van der Waals surface area contributed by atoms with E-state index in [-0.39, 0.29) is 18.3 Å². The van der Waals surface area contributed by atoms with Crippen molar-refractivity contribution in [1.29, 1.82) is 0 Å². The van der Waals surface area contributed by atoms with Gasteiger partial charge < -0.3 is 15.0 Å². The third-order valence-corrected chi connectivity index (χ3v) is 4.12. The largest absolute Gasteiger partial charge is 0.481 e. The Balaban J connectivity index is 1.56. The molecule has 1 aromatic carbocycles. The minimum atomic E-state index is -0.792. The van der Waals surface area contributed by atoms with Gasteiger partial charge in [-0.1, -0.05) is 0 Å². The zero-order valence-corrected chi connectivity index (χ0v) is 11.6. The molecular weight excluding hydrogens is 278 g/mol. The van der Waals surface area contributed by atoms with Crippen molar-refractivity contribution in [2.24, 2.45) is 0 Å². The molecule has 1 N–H and O–H groups in total. The van der Waals surface area contributed by atoms with Crippen molar-refractivity contribution in [2.45, 2.75) is 31.3 Å². The summed E-state index contributed by atoms with van der Waals surface area (Å²) in [5, 5.41) is 3.49. The Hall–Kier alpha value is -1.69. The van der Waals surface area contributed by atoms with Crippen LogP contribution in [0.25, 0.3) is 0 Å². The van der Waals surface area contributed by atoms with Gasteiger partial charge in [-0.15, -0.1) is 0 Å². The molecule has 4 nitrogen and oxygen atoms in total. The topological polar surface area (TPSA) is 41.6 Å². The molecule has 2 fully saturated rings. The lowest BCUT2D eigenvalue weighted by Crippen LogP contribution is -2.41. The zero-order valence-electron chi connectivity index (χ0n) is 11.6. The number of likely N-dealkylation sites (tertiary alicyclic amines) is 1. The van der Waals surface area contributed by atoms with E-state index in [0.29, 0.717) is 25.2 Å². The number of halogens is 2. The lowest BCUT2D eigenvalue weighted by atomic mass is 10.1. The Morgan fingerprint density at radius 2 is 2.10 bits per heavy atom. The Labute approximate surface area is 122 Å². The fourth-order valence-corrected chi connectivity index (χ4v) is 2.99. The van der Waals surface area contributed by atoms with E-state index in [9.17, 15) is 13.6 Å². The number of ether oxygens (including phenoxy) is 1. The fraction of sp³-hybridized carbons (Fsp3) is 0.533. The number of fused-ring (bicyclic) bond motifs is 2. The van der Waals surface area contributed by atoms with Crippen LogP contribution in [0.5, 0.6) is 5.75 Å². The molecule has 1 aromatic rings. The average molecular weight is 296 g/mol. The maximum absolute atomic E-state index is 13.4. The van der Waals surface area contributed by atoms with Gasteiger partial charge in [-0.3, -0.25) is 4.79 Å². The van der Waals surface area contributed by atoms with E-state index in [1.54, 1.807) is 4.90 Å². The molecule has 0 radical (unpaired) electrons. The van der Waals surface area contributed by atoms with E-state index >= 15 is 0 Å². The SMILES string of the molecule is O=C(COc1ccc(F)cc1F)N1CCC2CCC(C1)N2. The van der Waals surface area contributed by atoms with Crippen LogP contribution in [0.3, 0.4) is 0 Å².